The van der Waals surface area contributed by atoms with Crippen molar-refractivity contribution in [2.75, 3.05) is 5.75 Å². The quantitative estimate of drug-likeness (QED) is 0.488. The molecule has 0 unspecified atom stereocenters. The van der Waals surface area contributed by atoms with Crippen molar-refractivity contribution < 1.29 is 9.90 Å². The van der Waals surface area contributed by atoms with E-state index in [1.54, 1.807) is 30.1 Å². The number of unbranched alkanes of at least 4 members (excludes halogenated alkanes) is 4. The maximum Gasteiger partial charge on any atom is 0.338 e. The number of hydrogen-bond donors (Lipinski definition) is 1. The van der Waals surface area contributed by atoms with Crippen LogP contribution in [0.2, 0.25) is 0 Å². The predicted molar refractivity (Wildman–Crippen MR) is 95.2 cm³/mol. The Bertz CT molecular complexity index is 601. The number of carboxylic acids is 1. The third kappa shape index (κ3) is 6.45. The van der Waals surface area contributed by atoms with Gasteiger partial charge in [0.1, 0.15) is 5.03 Å². The Labute approximate surface area is 142 Å². The molecule has 0 radical (unpaired) electrons. The van der Waals surface area contributed by atoms with Crippen molar-refractivity contribution in [2.45, 2.75) is 43.6 Å². The Balaban J connectivity index is 1.55. The van der Waals surface area contributed by atoms with Crippen molar-refractivity contribution in [1.82, 2.24) is 4.98 Å². The van der Waals surface area contributed by atoms with Crippen LogP contribution < -0.4 is 0 Å². The molecule has 0 bridgehead atoms. The summed E-state index contributed by atoms with van der Waals surface area (Å²) in [6.45, 7) is 0. The van der Waals surface area contributed by atoms with E-state index >= 15 is 0 Å². The summed E-state index contributed by atoms with van der Waals surface area (Å²) < 4.78 is 0. The Morgan fingerprint density at radius 1 is 0.957 bits per heavy atom. The molecule has 122 valence electrons. The molecular formula is C19H23NO2S. The molecule has 3 nitrogen and oxygen atoms in total. The molecule has 23 heavy (non-hydrogen) atoms. The lowest BCUT2D eigenvalue weighted by atomic mass is 10.1. The van der Waals surface area contributed by atoms with Crippen LogP contribution in [0.25, 0.3) is 0 Å². The first kappa shape index (κ1) is 17.5. The first-order valence-electron chi connectivity index (χ1n) is 8.12. The number of hydrogen-bond acceptors (Lipinski definition) is 3. The van der Waals surface area contributed by atoms with Gasteiger partial charge in [-0.2, -0.15) is 0 Å². The number of aromatic carboxylic acids is 1. The van der Waals surface area contributed by atoms with Gasteiger partial charge in [0.2, 0.25) is 0 Å². The highest BCUT2D eigenvalue weighted by Crippen LogP contribution is 2.21. The molecule has 0 fully saturated rings. The van der Waals surface area contributed by atoms with Gasteiger partial charge in [0, 0.05) is 6.20 Å². The first-order chi connectivity index (χ1) is 11.3. The lowest BCUT2D eigenvalue weighted by Crippen LogP contribution is -2.00. The van der Waals surface area contributed by atoms with Crippen molar-refractivity contribution in [3.05, 3.63) is 59.8 Å². The summed E-state index contributed by atoms with van der Waals surface area (Å²) >= 11 is 1.54. The smallest absolute Gasteiger partial charge is 0.338 e. The summed E-state index contributed by atoms with van der Waals surface area (Å²) in [4.78, 5) is 15.3. The Hall–Kier alpha value is -1.81. The standard InChI is InChI=1S/C19H23NO2S/c21-19(22)17-13-9-14-20-18(17)23-15-8-3-1-2-5-10-16-11-6-4-7-12-16/h4,6-7,9,11-14H,1-3,5,8,10,15H2,(H,21,22). The number of thioether (sulfide) groups is 1. The van der Waals surface area contributed by atoms with E-state index in [-0.39, 0.29) is 0 Å². The first-order valence-corrected chi connectivity index (χ1v) is 9.11. The highest BCUT2D eigenvalue weighted by atomic mass is 32.2. The fraction of sp³-hybridized carbons (Fsp3) is 0.368. The lowest BCUT2D eigenvalue weighted by Gasteiger charge is -2.05. The van der Waals surface area contributed by atoms with Crippen LogP contribution in [0.4, 0.5) is 0 Å². The molecule has 1 heterocycles. The van der Waals surface area contributed by atoms with Crippen molar-refractivity contribution in [2.24, 2.45) is 0 Å². The van der Waals surface area contributed by atoms with Gasteiger partial charge in [-0.3, -0.25) is 0 Å². The van der Waals surface area contributed by atoms with Crippen LogP contribution in [0.15, 0.2) is 53.7 Å². The van der Waals surface area contributed by atoms with Gasteiger partial charge in [0.25, 0.3) is 0 Å². The molecule has 0 saturated heterocycles. The second kappa shape index (κ2) is 10.1. The molecule has 0 saturated carbocycles. The molecule has 1 aromatic heterocycles. The van der Waals surface area contributed by atoms with Gasteiger partial charge < -0.3 is 5.11 Å². The van der Waals surface area contributed by atoms with E-state index in [0.717, 1.165) is 18.6 Å². The molecule has 1 aromatic carbocycles. The zero-order chi connectivity index (χ0) is 16.3. The number of rotatable bonds is 10. The number of carbonyl (C=O) groups is 1. The van der Waals surface area contributed by atoms with Crippen molar-refractivity contribution >= 4 is 17.7 Å². The SMILES string of the molecule is O=C(O)c1cccnc1SCCCCCCCc1ccccc1. The summed E-state index contributed by atoms with van der Waals surface area (Å²) in [5.74, 6) is 0.0252. The minimum Gasteiger partial charge on any atom is -0.478 e. The molecule has 1 N–H and O–H groups in total. The number of aromatic nitrogens is 1. The van der Waals surface area contributed by atoms with Crippen LogP contribution in [0.3, 0.4) is 0 Å². The summed E-state index contributed by atoms with van der Waals surface area (Å²) in [5.41, 5.74) is 1.72. The predicted octanol–water partition coefficient (Wildman–Crippen LogP) is 5.07. The second-order valence-electron chi connectivity index (χ2n) is 5.51. The Morgan fingerprint density at radius 3 is 2.48 bits per heavy atom. The summed E-state index contributed by atoms with van der Waals surface area (Å²) in [7, 11) is 0. The fourth-order valence-electron chi connectivity index (χ4n) is 2.44. The van der Waals surface area contributed by atoms with E-state index in [4.69, 9.17) is 5.11 Å². The zero-order valence-corrected chi connectivity index (χ0v) is 14.1. The summed E-state index contributed by atoms with van der Waals surface area (Å²) in [5, 5.41) is 9.73. The molecule has 0 atom stereocenters. The molecule has 4 heteroatoms. The van der Waals surface area contributed by atoms with Crippen LogP contribution in [0.5, 0.6) is 0 Å². The van der Waals surface area contributed by atoms with Gasteiger partial charge in [0.15, 0.2) is 0 Å². The highest BCUT2D eigenvalue weighted by Gasteiger charge is 2.10. The van der Waals surface area contributed by atoms with Crippen LogP contribution in [-0.4, -0.2) is 21.8 Å². The fourth-order valence-corrected chi connectivity index (χ4v) is 3.43. The van der Waals surface area contributed by atoms with Crippen LogP contribution in [-0.2, 0) is 6.42 Å². The third-order valence-corrected chi connectivity index (χ3v) is 4.78. The average Bonchev–Trinajstić information content (AvgIpc) is 2.58. The average molecular weight is 329 g/mol. The van der Waals surface area contributed by atoms with Gasteiger partial charge in [-0.25, -0.2) is 9.78 Å². The molecular weight excluding hydrogens is 306 g/mol. The maximum atomic E-state index is 11.1. The van der Waals surface area contributed by atoms with Crippen LogP contribution in [0.1, 0.15) is 48.0 Å². The molecule has 2 aromatic rings. The Morgan fingerprint density at radius 2 is 1.70 bits per heavy atom. The van der Waals surface area contributed by atoms with E-state index < -0.39 is 5.97 Å². The third-order valence-electron chi connectivity index (χ3n) is 3.69. The van der Waals surface area contributed by atoms with Gasteiger partial charge in [-0.1, -0.05) is 49.6 Å². The molecule has 0 aliphatic carbocycles. The van der Waals surface area contributed by atoms with E-state index in [0.29, 0.717) is 10.6 Å². The minimum atomic E-state index is -0.901. The van der Waals surface area contributed by atoms with E-state index in [1.165, 1.54) is 31.2 Å². The van der Waals surface area contributed by atoms with E-state index in [9.17, 15) is 4.79 Å². The topological polar surface area (TPSA) is 50.2 Å². The molecule has 0 amide bonds. The Kier molecular flexibility index (Phi) is 7.67. The largest absolute Gasteiger partial charge is 0.478 e. The number of aryl methyl sites for hydroxylation is 1. The number of carboxylic acid groups (broad SMARTS) is 1. The van der Waals surface area contributed by atoms with Gasteiger partial charge in [-0.15, -0.1) is 11.8 Å². The highest BCUT2D eigenvalue weighted by molar-refractivity contribution is 7.99. The van der Waals surface area contributed by atoms with Crippen LogP contribution >= 0.6 is 11.8 Å². The van der Waals surface area contributed by atoms with Gasteiger partial charge in [0.05, 0.1) is 5.56 Å². The van der Waals surface area contributed by atoms with Crippen molar-refractivity contribution in [3.63, 3.8) is 0 Å². The zero-order valence-electron chi connectivity index (χ0n) is 13.3. The molecule has 2 rings (SSSR count). The van der Waals surface area contributed by atoms with Crippen molar-refractivity contribution in [1.29, 1.82) is 0 Å². The minimum absolute atomic E-state index is 0.306. The number of benzene rings is 1. The second-order valence-corrected chi connectivity index (χ2v) is 6.60. The normalized spacial score (nSPS) is 10.6. The van der Waals surface area contributed by atoms with Crippen LogP contribution in [0, 0.1) is 0 Å². The molecule has 0 aliphatic rings. The van der Waals surface area contributed by atoms with E-state index in [2.05, 4.69) is 35.3 Å². The number of pyridine rings is 1. The summed E-state index contributed by atoms with van der Waals surface area (Å²) in [6, 6.07) is 13.9. The monoisotopic (exact) mass is 329 g/mol. The van der Waals surface area contributed by atoms with Gasteiger partial charge in [-0.05, 0) is 42.7 Å². The maximum absolute atomic E-state index is 11.1. The molecule has 0 spiro atoms. The lowest BCUT2D eigenvalue weighted by molar-refractivity contribution is 0.0692. The molecule has 0 aliphatic heterocycles. The number of nitrogens with zero attached hydrogens (tertiary/aromatic N) is 1. The van der Waals surface area contributed by atoms with Crippen molar-refractivity contribution in [3.8, 4) is 0 Å². The van der Waals surface area contributed by atoms with Gasteiger partial charge >= 0.3 is 5.97 Å². The summed E-state index contributed by atoms with van der Waals surface area (Å²) in [6.07, 6.45) is 8.83. The van der Waals surface area contributed by atoms with E-state index in [1.807, 2.05) is 0 Å².